The van der Waals surface area contributed by atoms with Gasteiger partial charge in [-0.15, -0.1) is 0 Å². The Morgan fingerprint density at radius 2 is 2.17 bits per heavy atom. The van der Waals surface area contributed by atoms with Crippen LogP contribution in [0.25, 0.3) is 0 Å². The van der Waals surface area contributed by atoms with E-state index in [1.807, 2.05) is 0 Å². The van der Waals surface area contributed by atoms with Gasteiger partial charge in [-0.2, -0.15) is 0 Å². The average molecular weight is 179 g/mol. The highest BCUT2D eigenvalue weighted by atomic mass is 19.2. The number of hydrogen-bond donors (Lipinski definition) is 4. The zero-order valence-electron chi connectivity index (χ0n) is 6.87. The van der Waals surface area contributed by atoms with Crippen molar-refractivity contribution in [3.63, 3.8) is 0 Å². The molecule has 1 aliphatic heterocycles. The molecular weight excluding hydrogens is 165 g/mol. The van der Waals surface area contributed by atoms with E-state index in [-0.39, 0.29) is 6.61 Å². The summed E-state index contributed by atoms with van der Waals surface area (Å²) in [6, 6.07) is -1.57. The van der Waals surface area contributed by atoms with Crippen LogP contribution in [0.15, 0.2) is 0 Å². The second-order valence-corrected chi connectivity index (χ2v) is 3.09. The fourth-order valence-corrected chi connectivity index (χ4v) is 1.51. The third-order valence-corrected chi connectivity index (χ3v) is 2.30. The number of nitrogens with one attached hydrogen (secondary N) is 1. The van der Waals surface area contributed by atoms with Crippen LogP contribution in [0.5, 0.6) is 0 Å². The lowest BCUT2D eigenvalue weighted by Gasteiger charge is -2.22. The number of aliphatic hydroxyl groups excluding tert-OH is 2. The van der Waals surface area contributed by atoms with Gasteiger partial charge >= 0.3 is 0 Å². The van der Waals surface area contributed by atoms with E-state index in [4.69, 9.17) is 10.2 Å². The summed E-state index contributed by atoms with van der Waals surface area (Å²) in [4.78, 5) is 0. The molecular formula is C7H14FNO3. The van der Waals surface area contributed by atoms with Gasteiger partial charge in [0.05, 0.1) is 18.7 Å². The van der Waals surface area contributed by atoms with Crippen LogP contribution in [0, 0.1) is 0 Å². The smallest absolute Gasteiger partial charge is 0.249 e. The predicted octanol–water partition coefficient (Wildman–Crippen LogP) is -1.25. The van der Waals surface area contributed by atoms with Crippen LogP contribution >= 0.6 is 0 Å². The minimum absolute atomic E-state index is 0.362. The molecule has 12 heavy (non-hydrogen) atoms. The Morgan fingerprint density at radius 1 is 1.58 bits per heavy atom. The third-order valence-electron chi connectivity index (χ3n) is 2.30. The molecule has 0 aliphatic carbocycles. The van der Waals surface area contributed by atoms with Crippen LogP contribution in [0.2, 0.25) is 0 Å². The lowest BCUT2D eigenvalue weighted by molar-refractivity contribution is -0.164. The molecule has 0 aromatic rings. The second kappa shape index (κ2) is 3.26. The van der Waals surface area contributed by atoms with E-state index >= 15 is 0 Å². The van der Waals surface area contributed by atoms with Crippen molar-refractivity contribution < 1.29 is 19.7 Å². The monoisotopic (exact) mass is 179 g/mol. The Kier molecular flexibility index (Phi) is 2.67. The first-order valence-corrected chi connectivity index (χ1v) is 4.00. The van der Waals surface area contributed by atoms with Crippen molar-refractivity contribution in [1.29, 1.82) is 0 Å². The molecule has 0 radical (unpaired) electrons. The number of hydrogen-bond acceptors (Lipinski definition) is 4. The van der Waals surface area contributed by atoms with Gasteiger partial charge < -0.3 is 20.6 Å². The number of aliphatic hydroxyl groups is 3. The summed E-state index contributed by atoms with van der Waals surface area (Å²) in [6.07, 6.45) is -1.19. The van der Waals surface area contributed by atoms with Gasteiger partial charge in [0.15, 0.2) is 0 Å². The first kappa shape index (κ1) is 9.85. The minimum atomic E-state index is -2.62. The zero-order chi connectivity index (χ0) is 9.35. The van der Waals surface area contributed by atoms with Crippen molar-refractivity contribution in [2.45, 2.75) is 37.4 Å². The summed E-state index contributed by atoms with van der Waals surface area (Å²) in [7, 11) is 0. The van der Waals surface area contributed by atoms with E-state index in [1.54, 1.807) is 6.92 Å². The van der Waals surface area contributed by atoms with E-state index < -0.39 is 24.0 Å². The van der Waals surface area contributed by atoms with Gasteiger partial charge in [-0.1, -0.05) is 6.92 Å². The number of alkyl halides is 1. The number of halogens is 1. The van der Waals surface area contributed by atoms with Gasteiger partial charge in [0.1, 0.15) is 6.10 Å². The normalized spacial score (nSPS) is 48.2. The van der Waals surface area contributed by atoms with Gasteiger partial charge in [-0.25, -0.2) is 4.39 Å². The average Bonchev–Trinajstić information content (AvgIpc) is 2.25. The lowest BCUT2D eigenvalue weighted by Crippen LogP contribution is -2.44. The quantitative estimate of drug-likeness (QED) is 0.427. The van der Waals surface area contributed by atoms with Crippen molar-refractivity contribution in [3.8, 4) is 0 Å². The topological polar surface area (TPSA) is 72.7 Å². The summed E-state index contributed by atoms with van der Waals surface area (Å²) in [5.74, 6) is -2.62. The molecule has 0 aromatic carbocycles. The molecule has 4 nitrogen and oxygen atoms in total. The van der Waals surface area contributed by atoms with Crippen molar-refractivity contribution >= 4 is 0 Å². The molecule has 0 spiro atoms. The second-order valence-electron chi connectivity index (χ2n) is 3.09. The molecule has 1 aliphatic rings. The SMILES string of the molecule is CC[C@@H]1N[C@H](CO)[C@@H](O)[C@]1(O)F. The van der Waals surface area contributed by atoms with Crippen LogP contribution in [0.3, 0.4) is 0 Å². The van der Waals surface area contributed by atoms with E-state index in [2.05, 4.69) is 5.32 Å². The molecule has 1 heterocycles. The van der Waals surface area contributed by atoms with Crippen molar-refractivity contribution in [2.24, 2.45) is 0 Å². The molecule has 1 saturated heterocycles. The highest BCUT2D eigenvalue weighted by molar-refractivity contribution is 5.02. The summed E-state index contributed by atoms with van der Waals surface area (Å²) in [5.41, 5.74) is 0. The van der Waals surface area contributed by atoms with Crippen LogP contribution in [0.1, 0.15) is 13.3 Å². The molecule has 1 fully saturated rings. The molecule has 0 saturated carbocycles. The maximum absolute atomic E-state index is 13.2. The lowest BCUT2D eigenvalue weighted by atomic mass is 10.0. The van der Waals surface area contributed by atoms with Crippen LogP contribution in [-0.2, 0) is 0 Å². The van der Waals surface area contributed by atoms with Gasteiger partial charge in [0.25, 0.3) is 0 Å². The zero-order valence-corrected chi connectivity index (χ0v) is 6.87. The van der Waals surface area contributed by atoms with Crippen molar-refractivity contribution in [1.82, 2.24) is 5.32 Å². The van der Waals surface area contributed by atoms with E-state index in [0.717, 1.165) is 0 Å². The molecule has 0 unspecified atom stereocenters. The van der Waals surface area contributed by atoms with Gasteiger partial charge in [0, 0.05) is 0 Å². The summed E-state index contributed by atoms with van der Waals surface area (Å²) < 4.78 is 13.2. The highest BCUT2D eigenvalue weighted by Gasteiger charge is 2.53. The van der Waals surface area contributed by atoms with E-state index in [1.165, 1.54) is 0 Å². The van der Waals surface area contributed by atoms with E-state index in [0.29, 0.717) is 6.42 Å². The molecule has 0 aromatic heterocycles. The number of rotatable bonds is 2. The first-order chi connectivity index (χ1) is 5.54. The molecule has 4 atom stereocenters. The Hall–Kier alpha value is -0.230. The summed E-state index contributed by atoms with van der Waals surface area (Å²) in [6.45, 7) is 1.30. The maximum atomic E-state index is 13.2. The van der Waals surface area contributed by atoms with Crippen molar-refractivity contribution in [2.75, 3.05) is 6.61 Å². The largest absolute Gasteiger partial charge is 0.395 e. The van der Waals surface area contributed by atoms with Crippen molar-refractivity contribution in [3.05, 3.63) is 0 Å². The molecule has 1 rings (SSSR count). The van der Waals surface area contributed by atoms with Crippen LogP contribution < -0.4 is 5.32 Å². The Morgan fingerprint density at radius 3 is 2.42 bits per heavy atom. The third kappa shape index (κ3) is 1.33. The van der Waals surface area contributed by atoms with Gasteiger partial charge in [0.2, 0.25) is 5.85 Å². The van der Waals surface area contributed by atoms with Gasteiger partial charge in [-0.05, 0) is 6.42 Å². The fraction of sp³-hybridized carbons (Fsp3) is 1.00. The molecule has 4 N–H and O–H groups in total. The summed E-state index contributed by atoms with van der Waals surface area (Å²) in [5, 5.41) is 29.6. The van der Waals surface area contributed by atoms with Crippen LogP contribution in [0.4, 0.5) is 4.39 Å². The highest BCUT2D eigenvalue weighted by Crippen LogP contribution is 2.28. The molecule has 72 valence electrons. The Balaban J connectivity index is 2.73. The van der Waals surface area contributed by atoms with Gasteiger partial charge in [-0.3, -0.25) is 0 Å². The summed E-state index contributed by atoms with van der Waals surface area (Å²) >= 11 is 0. The predicted molar refractivity (Wildman–Crippen MR) is 40.2 cm³/mol. The molecule has 5 heteroatoms. The van der Waals surface area contributed by atoms with Crippen LogP contribution in [-0.4, -0.2) is 46.0 Å². The minimum Gasteiger partial charge on any atom is -0.395 e. The Labute approximate surface area is 70.0 Å². The fourth-order valence-electron chi connectivity index (χ4n) is 1.51. The maximum Gasteiger partial charge on any atom is 0.249 e. The first-order valence-electron chi connectivity index (χ1n) is 4.00. The Bertz CT molecular complexity index is 161. The standard InChI is InChI=1S/C7H14FNO3/c1-2-5-7(8,12)6(11)4(3-10)9-5/h4-6,9-12H,2-3H2,1H3/t4-,5+,6-,7+/m1/s1. The van der Waals surface area contributed by atoms with E-state index in [9.17, 15) is 9.50 Å². The molecule has 0 bridgehead atoms. The molecule has 0 amide bonds.